The molecule has 4 rings (SSSR count). The van der Waals surface area contributed by atoms with E-state index in [0.717, 1.165) is 23.9 Å². The fraction of sp³-hybridized carbons (Fsp3) is 0.524. The zero-order valence-corrected chi connectivity index (χ0v) is 16.7. The van der Waals surface area contributed by atoms with Gasteiger partial charge in [-0.05, 0) is 50.8 Å². The molecule has 0 spiro atoms. The Balaban J connectivity index is 1.37. The van der Waals surface area contributed by atoms with Crippen molar-refractivity contribution in [3.05, 3.63) is 36.3 Å². The third kappa shape index (κ3) is 4.45. The first kappa shape index (κ1) is 20.7. The van der Waals surface area contributed by atoms with Crippen molar-refractivity contribution < 1.29 is 22.7 Å². The van der Waals surface area contributed by atoms with E-state index in [2.05, 4.69) is 15.6 Å². The summed E-state index contributed by atoms with van der Waals surface area (Å²) in [6, 6.07) is 3.59. The van der Waals surface area contributed by atoms with E-state index in [4.69, 9.17) is 4.74 Å². The Bertz CT molecular complexity index is 904. The van der Waals surface area contributed by atoms with Gasteiger partial charge in [-0.15, -0.1) is 0 Å². The van der Waals surface area contributed by atoms with Crippen molar-refractivity contribution in [1.29, 1.82) is 0 Å². The first-order valence-electron chi connectivity index (χ1n) is 10.2. The third-order valence-electron chi connectivity index (χ3n) is 5.86. The summed E-state index contributed by atoms with van der Waals surface area (Å²) in [6.45, 7) is 2.36. The van der Waals surface area contributed by atoms with Crippen molar-refractivity contribution in [2.24, 2.45) is 0 Å². The second-order valence-corrected chi connectivity index (χ2v) is 7.98. The lowest BCUT2D eigenvalue weighted by Gasteiger charge is -2.32. The predicted molar refractivity (Wildman–Crippen MR) is 105 cm³/mol. The highest BCUT2D eigenvalue weighted by Crippen LogP contribution is 2.33. The van der Waals surface area contributed by atoms with Gasteiger partial charge in [0.15, 0.2) is 0 Å². The molecule has 2 N–H and O–H groups in total. The van der Waals surface area contributed by atoms with E-state index < -0.39 is 12.2 Å². The fourth-order valence-electron chi connectivity index (χ4n) is 4.10. The molecule has 9 heteroatoms. The van der Waals surface area contributed by atoms with Crippen LogP contribution < -0.4 is 15.4 Å². The van der Waals surface area contributed by atoms with Crippen LogP contribution in [0.2, 0.25) is 0 Å². The molecule has 0 saturated heterocycles. The Hall–Kier alpha value is -2.55. The average Bonchev–Trinajstić information content (AvgIpc) is 3.10. The van der Waals surface area contributed by atoms with Gasteiger partial charge in [0.2, 0.25) is 0 Å². The van der Waals surface area contributed by atoms with Crippen LogP contribution in [-0.4, -0.2) is 46.4 Å². The fourth-order valence-corrected chi connectivity index (χ4v) is 4.10. The van der Waals surface area contributed by atoms with Crippen LogP contribution in [0.15, 0.2) is 30.7 Å². The van der Waals surface area contributed by atoms with Gasteiger partial charge < -0.3 is 19.9 Å². The molecular formula is C21H25F3N4O2. The first-order chi connectivity index (χ1) is 14.3. The van der Waals surface area contributed by atoms with Crippen molar-refractivity contribution in [2.45, 2.75) is 63.5 Å². The maximum absolute atomic E-state index is 12.8. The number of nitrogens with zero attached hydrogens (tertiary/aromatic N) is 2. The zero-order valence-electron chi connectivity index (χ0n) is 16.7. The van der Waals surface area contributed by atoms with Crippen LogP contribution >= 0.6 is 0 Å². The molecule has 2 heterocycles. The molecule has 162 valence electrons. The van der Waals surface area contributed by atoms with E-state index in [1.165, 1.54) is 0 Å². The highest BCUT2D eigenvalue weighted by atomic mass is 19.4. The lowest BCUT2D eigenvalue weighted by molar-refractivity contribution is -0.153. The summed E-state index contributed by atoms with van der Waals surface area (Å²) in [4.78, 5) is 17.0. The molecule has 2 aliphatic rings. The summed E-state index contributed by atoms with van der Waals surface area (Å²) in [5, 5.41) is 5.68. The van der Waals surface area contributed by atoms with Crippen molar-refractivity contribution in [2.75, 3.05) is 6.61 Å². The van der Waals surface area contributed by atoms with E-state index in [9.17, 15) is 18.0 Å². The monoisotopic (exact) mass is 422 g/mol. The SMILES string of the molecule is C[C@H](NC1CCC(NC(=O)c2ccc3c(c2)-c2cncn2CCO3)CC1)C(F)(F)F. The van der Waals surface area contributed by atoms with Gasteiger partial charge in [-0.1, -0.05) is 0 Å². The zero-order chi connectivity index (χ0) is 21.3. The Morgan fingerprint density at radius 2 is 1.97 bits per heavy atom. The molecule has 1 aromatic heterocycles. The summed E-state index contributed by atoms with van der Waals surface area (Å²) in [6.07, 6.45) is 1.75. The molecule has 2 aromatic rings. The van der Waals surface area contributed by atoms with Gasteiger partial charge in [-0.25, -0.2) is 4.98 Å². The standard InChI is InChI=1S/C21H25F3N4O2/c1-13(21(22,23)24)26-15-3-5-16(6-4-15)27-20(29)14-2-7-19-17(10-14)18-11-25-12-28(18)8-9-30-19/h2,7,10-13,15-16,26H,3-6,8-9H2,1H3,(H,27,29)/t13-,15?,16?/m0/s1. The van der Waals surface area contributed by atoms with Gasteiger partial charge in [0.25, 0.3) is 5.91 Å². The minimum atomic E-state index is -4.24. The third-order valence-corrected chi connectivity index (χ3v) is 5.86. The molecule has 1 aromatic carbocycles. The number of halogens is 3. The Morgan fingerprint density at radius 3 is 2.70 bits per heavy atom. The molecule has 1 amide bonds. The van der Waals surface area contributed by atoms with E-state index in [1.54, 1.807) is 24.7 Å². The summed E-state index contributed by atoms with van der Waals surface area (Å²) < 4.78 is 45.9. The number of hydrogen-bond acceptors (Lipinski definition) is 4. The van der Waals surface area contributed by atoms with Crippen molar-refractivity contribution in [3.8, 4) is 17.0 Å². The van der Waals surface area contributed by atoms with Crippen LogP contribution in [0.25, 0.3) is 11.3 Å². The molecule has 1 aliphatic carbocycles. The van der Waals surface area contributed by atoms with Crippen LogP contribution in [0.4, 0.5) is 13.2 Å². The summed E-state index contributed by atoms with van der Waals surface area (Å²) in [5.41, 5.74) is 2.26. The van der Waals surface area contributed by atoms with Gasteiger partial charge in [0, 0.05) is 23.2 Å². The lowest BCUT2D eigenvalue weighted by Crippen LogP contribution is -2.48. The second-order valence-electron chi connectivity index (χ2n) is 7.98. The number of alkyl halides is 3. The molecule has 0 bridgehead atoms. The maximum Gasteiger partial charge on any atom is 0.403 e. The minimum Gasteiger partial charge on any atom is -0.491 e. The molecule has 1 saturated carbocycles. The lowest BCUT2D eigenvalue weighted by atomic mass is 9.90. The van der Waals surface area contributed by atoms with E-state index in [0.29, 0.717) is 44.4 Å². The van der Waals surface area contributed by atoms with Crippen molar-refractivity contribution in [3.63, 3.8) is 0 Å². The van der Waals surface area contributed by atoms with Gasteiger partial charge in [0.1, 0.15) is 18.4 Å². The molecule has 30 heavy (non-hydrogen) atoms. The topological polar surface area (TPSA) is 68.2 Å². The largest absolute Gasteiger partial charge is 0.491 e. The smallest absolute Gasteiger partial charge is 0.403 e. The summed E-state index contributed by atoms with van der Waals surface area (Å²) in [7, 11) is 0. The molecule has 1 aliphatic heterocycles. The van der Waals surface area contributed by atoms with Crippen molar-refractivity contribution in [1.82, 2.24) is 20.2 Å². The highest BCUT2D eigenvalue weighted by molar-refractivity contribution is 5.96. The number of fused-ring (bicyclic) bond motifs is 3. The number of ether oxygens (including phenoxy) is 1. The first-order valence-corrected chi connectivity index (χ1v) is 10.2. The van der Waals surface area contributed by atoms with E-state index >= 15 is 0 Å². The van der Waals surface area contributed by atoms with E-state index in [1.807, 2.05) is 10.6 Å². The molecule has 0 unspecified atom stereocenters. The van der Waals surface area contributed by atoms with Crippen LogP contribution in [0, 0.1) is 0 Å². The van der Waals surface area contributed by atoms with E-state index in [-0.39, 0.29) is 18.0 Å². The number of nitrogens with one attached hydrogen (secondary N) is 2. The molecule has 1 fully saturated rings. The predicted octanol–water partition coefficient (Wildman–Crippen LogP) is 3.52. The quantitative estimate of drug-likeness (QED) is 0.791. The van der Waals surface area contributed by atoms with Crippen LogP contribution in [-0.2, 0) is 6.54 Å². The van der Waals surface area contributed by atoms with Crippen molar-refractivity contribution >= 4 is 5.91 Å². The Labute approximate surface area is 172 Å². The minimum absolute atomic E-state index is 0.0441. The number of hydrogen-bond donors (Lipinski definition) is 2. The number of carbonyl (C=O) groups is 1. The number of rotatable bonds is 4. The number of imidazole rings is 1. The van der Waals surface area contributed by atoms with Gasteiger partial charge in [-0.2, -0.15) is 13.2 Å². The summed E-state index contributed by atoms with van der Waals surface area (Å²) in [5.74, 6) is 0.532. The maximum atomic E-state index is 12.8. The molecular weight excluding hydrogens is 397 g/mol. The normalized spacial score (nSPS) is 22.3. The van der Waals surface area contributed by atoms with Gasteiger partial charge in [0.05, 0.1) is 24.8 Å². The number of benzene rings is 1. The highest BCUT2D eigenvalue weighted by Gasteiger charge is 2.37. The Morgan fingerprint density at radius 1 is 1.23 bits per heavy atom. The Kier molecular flexibility index (Phi) is 5.73. The molecule has 1 atom stereocenters. The molecule has 0 radical (unpaired) electrons. The number of aromatic nitrogens is 2. The van der Waals surface area contributed by atoms with Crippen LogP contribution in [0.3, 0.4) is 0 Å². The number of amides is 1. The summed E-state index contributed by atoms with van der Waals surface area (Å²) >= 11 is 0. The second kappa shape index (κ2) is 8.29. The van der Waals surface area contributed by atoms with Crippen LogP contribution in [0.5, 0.6) is 5.75 Å². The molecule has 6 nitrogen and oxygen atoms in total. The van der Waals surface area contributed by atoms with Gasteiger partial charge >= 0.3 is 6.18 Å². The average molecular weight is 422 g/mol. The van der Waals surface area contributed by atoms with Crippen LogP contribution in [0.1, 0.15) is 43.0 Å². The van der Waals surface area contributed by atoms with Gasteiger partial charge in [-0.3, -0.25) is 4.79 Å². The number of carbonyl (C=O) groups excluding carboxylic acids is 1.